The van der Waals surface area contributed by atoms with E-state index in [4.69, 9.17) is 28.4 Å². The number of pyridine rings is 1. The SMILES string of the molecule is COC(=O)c1nc(C(=O)OC(C)(C)C)c(C(=O)OC(C)(C)c2c(C(=O)OC34CC5CC(CC(C5)C3)C4)cccc2-c2ccccc2)c(C(=O)OC(=O)c2cccc(S[C]=O)c2[N+](=O)[O-])c1-c1ccc(OC)cc1. The van der Waals surface area contributed by atoms with Gasteiger partial charge in [0.25, 0.3) is 11.3 Å². The highest BCUT2D eigenvalue weighted by Crippen LogP contribution is 2.57. The monoisotopic (exact) mass is 1010 g/mol. The van der Waals surface area contributed by atoms with Crippen LogP contribution in [0.4, 0.5) is 5.69 Å². The topological polar surface area (TPSA) is 231 Å². The van der Waals surface area contributed by atoms with Crippen molar-refractivity contribution in [1.29, 1.82) is 0 Å². The molecule has 4 aliphatic rings. The lowest BCUT2D eigenvalue weighted by molar-refractivity contribution is -0.388. The van der Waals surface area contributed by atoms with Gasteiger partial charge in [-0.3, -0.25) is 14.9 Å². The molecule has 0 N–H and O–H groups in total. The molecule has 9 rings (SSSR count). The summed E-state index contributed by atoms with van der Waals surface area (Å²) in [5.41, 5.74) is -6.72. The molecule has 0 saturated heterocycles. The van der Waals surface area contributed by atoms with Gasteiger partial charge in [-0.2, -0.15) is 0 Å². The summed E-state index contributed by atoms with van der Waals surface area (Å²) in [4.78, 5) is 115. The number of thioether (sulfide) groups is 1. The maximum atomic E-state index is 15.6. The van der Waals surface area contributed by atoms with Gasteiger partial charge in [0, 0.05) is 11.1 Å². The summed E-state index contributed by atoms with van der Waals surface area (Å²) in [6.45, 7) is 7.55. The first-order chi connectivity index (χ1) is 34.7. The molecule has 0 aliphatic heterocycles. The third-order valence-electron chi connectivity index (χ3n) is 13.3. The quantitative estimate of drug-likeness (QED) is 0.0237. The number of aromatic nitrogens is 1. The minimum Gasteiger partial charge on any atom is -0.497 e. The van der Waals surface area contributed by atoms with Crippen molar-refractivity contribution in [3.63, 3.8) is 0 Å². The van der Waals surface area contributed by atoms with Crippen molar-refractivity contribution in [3.8, 4) is 28.0 Å². The van der Waals surface area contributed by atoms with Crippen LogP contribution in [0, 0.1) is 27.9 Å². The van der Waals surface area contributed by atoms with E-state index < -0.39 is 96.9 Å². The van der Waals surface area contributed by atoms with E-state index in [0.717, 1.165) is 51.7 Å². The Hall–Kier alpha value is -7.73. The van der Waals surface area contributed by atoms with E-state index in [0.29, 0.717) is 34.6 Å². The zero-order chi connectivity index (χ0) is 52.6. The number of nitro benzene ring substituents is 1. The van der Waals surface area contributed by atoms with Crippen LogP contribution >= 0.6 is 11.8 Å². The van der Waals surface area contributed by atoms with E-state index in [9.17, 15) is 34.1 Å². The number of carbonyl (C=O) groups excluding carboxylic acids is 7. The van der Waals surface area contributed by atoms with Crippen LogP contribution < -0.4 is 4.74 Å². The minimum atomic E-state index is -1.86. The number of carbonyl (C=O) groups is 6. The Morgan fingerprint density at radius 2 is 1.29 bits per heavy atom. The molecular weight excluding hydrogens is 961 g/mol. The Bertz CT molecular complexity index is 3030. The molecule has 4 aliphatic carbocycles. The Balaban J connectivity index is 1.33. The van der Waals surface area contributed by atoms with Crippen LogP contribution in [-0.4, -0.2) is 76.8 Å². The number of para-hydroxylation sites is 1. The number of methoxy groups -OCH3 is 2. The molecule has 4 saturated carbocycles. The fraction of sp³-hybridized carbons (Fsp3) is 0.345. The van der Waals surface area contributed by atoms with Crippen LogP contribution in [0.3, 0.4) is 0 Å². The third kappa shape index (κ3) is 10.6. The van der Waals surface area contributed by atoms with Gasteiger partial charge in [-0.15, -0.1) is 0 Å². The van der Waals surface area contributed by atoms with Gasteiger partial charge in [0.15, 0.2) is 11.4 Å². The molecule has 18 heteroatoms. The lowest BCUT2D eigenvalue weighted by Crippen LogP contribution is -2.52. The average Bonchev–Trinajstić information content (AvgIpc) is 3.34. The second kappa shape index (κ2) is 20.4. The Morgan fingerprint density at radius 3 is 1.86 bits per heavy atom. The van der Waals surface area contributed by atoms with E-state index in [2.05, 4.69) is 4.98 Å². The predicted octanol–water partition coefficient (Wildman–Crippen LogP) is 10.4. The standard InChI is InChI=1S/C55H51N2O15S/c1-53(2,3)70-52(64)45-42(41(40(44(56-45)51(63)68-7)34-19-21-35(67-6)22-20-34)49(61)69-47(59)38-17-12-18-39(73-29-58)46(38)57(65)66)50(62)71-54(4,5)43-36(33-13-9-8-10-14-33)15-11-16-37(43)48(60)72-55-26-30-23-31(27-55)25-32(24-30)28-55/h8-22,30-32H,23-28H2,1-7H3. The van der Waals surface area contributed by atoms with Crippen LogP contribution in [0.5, 0.6) is 5.75 Å². The van der Waals surface area contributed by atoms with Crippen LogP contribution in [-0.2, 0) is 34.1 Å². The molecular formula is C55H51N2O15S. The van der Waals surface area contributed by atoms with Crippen LogP contribution in [0.1, 0.15) is 141 Å². The number of rotatable bonds is 15. The van der Waals surface area contributed by atoms with Crippen LogP contribution in [0.15, 0.2) is 95.9 Å². The zero-order valence-corrected chi connectivity index (χ0v) is 41.9. The summed E-state index contributed by atoms with van der Waals surface area (Å²) in [7, 11) is 2.39. The molecule has 5 aromatic rings. The van der Waals surface area contributed by atoms with Crippen molar-refractivity contribution in [3.05, 3.63) is 140 Å². The van der Waals surface area contributed by atoms with Crippen molar-refractivity contribution in [2.75, 3.05) is 14.2 Å². The fourth-order valence-electron chi connectivity index (χ4n) is 10.9. The van der Waals surface area contributed by atoms with Gasteiger partial charge in [-0.25, -0.2) is 33.8 Å². The number of nitrogens with zero attached hydrogens (tertiary/aromatic N) is 2. The highest BCUT2D eigenvalue weighted by Gasteiger charge is 2.54. The van der Waals surface area contributed by atoms with Gasteiger partial charge in [0.2, 0.25) is 0 Å². The number of esters is 6. The molecule has 4 aromatic carbocycles. The first kappa shape index (κ1) is 51.6. The molecule has 73 heavy (non-hydrogen) atoms. The normalized spacial score (nSPS) is 18.8. The van der Waals surface area contributed by atoms with Crippen molar-refractivity contribution in [2.45, 2.75) is 94.8 Å². The smallest absolute Gasteiger partial charge is 0.358 e. The summed E-state index contributed by atoms with van der Waals surface area (Å²) in [5, 5.41) is 12.3. The van der Waals surface area contributed by atoms with Gasteiger partial charge in [-0.1, -0.05) is 60.7 Å². The Labute approximate surface area is 424 Å². The predicted molar refractivity (Wildman–Crippen MR) is 264 cm³/mol. The van der Waals surface area contributed by atoms with Gasteiger partial charge >= 0.3 is 35.8 Å². The van der Waals surface area contributed by atoms with Crippen LogP contribution in [0.2, 0.25) is 0 Å². The number of hydrogen-bond donors (Lipinski definition) is 0. The molecule has 377 valence electrons. The highest BCUT2D eigenvalue weighted by molar-refractivity contribution is 8.12. The number of hydrogen-bond acceptors (Lipinski definition) is 17. The maximum Gasteiger partial charge on any atom is 0.358 e. The van der Waals surface area contributed by atoms with Gasteiger partial charge in [0.1, 0.15) is 33.7 Å². The largest absolute Gasteiger partial charge is 0.497 e. The number of nitro groups is 1. The molecule has 1 heterocycles. The van der Waals surface area contributed by atoms with Crippen molar-refractivity contribution < 1.29 is 66.9 Å². The molecule has 1 radical (unpaired) electrons. The minimum absolute atomic E-state index is 0.0211. The van der Waals surface area contributed by atoms with Gasteiger partial charge in [0.05, 0.1) is 35.2 Å². The second-order valence-electron chi connectivity index (χ2n) is 19.9. The first-order valence-corrected chi connectivity index (χ1v) is 24.3. The zero-order valence-electron chi connectivity index (χ0n) is 41.1. The summed E-state index contributed by atoms with van der Waals surface area (Å²) >= 11 is 0.271. The molecule has 0 spiro atoms. The van der Waals surface area contributed by atoms with Gasteiger partial charge in [-0.05, 0) is 150 Å². The summed E-state index contributed by atoms with van der Waals surface area (Å²) in [6.07, 6.45) is 5.53. The molecule has 0 amide bonds. The first-order valence-electron chi connectivity index (χ1n) is 23.4. The van der Waals surface area contributed by atoms with Crippen LogP contribution in [0.25, 0.3) is 22.3 Å². The molecule has 1 aromatic heterocycles. The summed E-state index contributed by atoms with van der Waals surface area (Å²) in [6, 6.07) is 23.0. The lowest BCUT2D eigenvalue weighted by Gasteiger charge is -2.55. The molecule has 0 atom stereocenters. The number of benzene rings is 4. The van der Waals surface area contributed by atoms with E-state index in [1.807, 2.05) is 18.2 Å². The van der Waals surface area contributed by atoms with Crippen molar-refractivity contribution in [2.24, 2.45) is 17.8 Å². The highest BCUT2D eigenvalue weighted by atomic mass is 32.2. The summed E-state index contributed by atoms with van der Waals surface area (Å²) < 4.78 is 34.6. The third-order valence-corrected chi connectivity index (χ3v) is 13.9. The van der Waals surface area contributed by atoms with E-state index in [-0.39, 0.29) is 33.3 Å². The Kier molecular flexibility index (Phi) is 14.4. The molecule has 4 fully saturated rings. The molecule has 0 unspecified atom stereocenters. The lowest BCUT2D eigenvalue weighted by atomic mass is 9.54. The maximum absolute atomic E-state index is 15.6. The van der Waals surface area contributed by atoms with Crippen molar-refractivity contribution >= 4 is 58.9 Å². The fourth-order valence-corrected chi connectivity index (χ4v) is 11.4. The van der Waals surface area contributed by atoms with Gasteiger partial charge < -0.3 is 28.4 Å². The van der Waals surface area contributed by atoms with E-state index >= 15 is 9.59 Å². The summed E-state index contributed by atoms with van der Waals surface area (Å²) in [5.74, 6) is -6.31. The number of ether oxygens (including phenoxy) is 6. The average molecular weight is 1010 g/mol. The van der Waals surface area contributed by atoms with E-state index in [1.54, 1.807) is 30.3 Å². The van der Waals surface area contributed by atoms with Crippen molar-refractivity contribution in [1.82, 2.24) is 4.98 Å². The second-order valence-corrected chi connectivity index (χ2v) is 20.7. The molecule has 17 nitrogen and oxygen atoms in total. The Morgan fingerprint density at radius 1 is 0.671 bits per heavy atom. The van der Waals surface area contributed by atoms with E-state index in [1.165, 1.54) is 83.7 Å². The molecule has 4 bridgehead atoms.